The first-order valence-corrected chi connectivity index (χ1v) is 10.00. The molecule has 0 rings (SSSR count). The first kappa shape index (κ1) is 24.6. The summed E-state index contributed by atoms with van der Waals surface area (Å²) in [5.74, 6) is -1.01. The van der Waals surface area contributed by atoms with Crippen LogP contribution in [-0.4, -0.2) is 35.2 Å². The lowest BCUT2D eigenvalue weighted by molar-refractivity contribution is -0.188. The zero-order valence-corrected chi connectivity index (χ0v) is 16.6. The van der Waals surface area contributed by atoms with Gasteiger partial charge in [-0.3, -0.25) is 14.4 Å². The van der Waals surface area contributed by atoms with E-state index in [9.17, 15) is 14.4 Å². The van der Waals surface area contributed by atoms with Crippen molar-refractivity contribution >= 4 is 17.7 Å². The minimum absolute atomic E-state index is 0.0743. The van der Waals surface area contributed by atoms with Crippen molar-refractivity contribution in [1.29, 1.82) is 0 Å². The molecule has 0 aliphatic carbocycles. The number of hydrogen-bond donors (Lipinski definition) is 1. The average Bonchev–Trinajstić information content (AvgIpc) is 2.57. The van der Waals surface area contributed by atoms with E-state index in [2.05, 4.69) is 6.92 Å². The highest BCUT2D eigenvalue weighted by molar-refractivity contribution is 5.83. The summed E-state index contributed by atoms with van der Waals surface area (Å²) in [6, 6.07) is 0. The summed E-state index contributed by atoms with van der Waals surface area (Å²) in [5, 5.41) is 8.55. The van der Waals surface area contributed by atoms with Crippen molar-refractivity contribution in [2.24, 2.45) is 0 Å². The zero-order chi connectivity index (χ0) is 19.8. The van der Waals surface area contributed by atoms with Gasteiger partial charge in [0.05, 0.1) is 0 Å². The van der Waals surface area contributed by atoms with Crippen LogP contribution in [0.25, 0.3) is 0 Å². The Balaban J connectivity index is 3.99. The molecule has 0 aliphatic heterocycles. The summed E-state index contributed by atoms with van der Waals surface area (Å²) in [4.78, 5) is 34.4. The van der Waals surface area contributed by atoms with Crippen LogP contribution < -0.4 is 0 Å². The Bertz CT molecular complexity index is 407. The summed E-state index contributed by atoms with van der Waals surface area (Å²) in [6.07, 6.45) is 7.16. The number of ketones is 1. The van der Waals surface area contributed by atoms with E-state index in [1.165, 1.54) is 0 Å². The van der Waals surface area contributed by atoms with Crippen molar-refractivity contribution in [1.82, 2.24) is 0 Å². The molecule has 0 aromatic rings. The van der Waals surface area contributed by atoms with Crippen molar-refractivity contribution in [2.75, 3.05) is 0 Å². The topological polar surface area (TPSA) is 89.9 Å². The van der Waals surface area contributed by atoms with E-state index in [4.69, 9.17) is 14.6 Å². The number of hydrogen-bond acceptors (Lipinski definition) is 5. The van der Waals surface area contributed by atoms with Gasteiger partial charge in [0.2, 0.25) is 6.29 Å². The van der Waals surface area contributed by atoms with Crippen molar-refractivity contribution in [3.63, 3.8) is 0 Å². The van der Waals surface area contributed by atoms with Gasteiger partial charge >= 0.3 is 11.9 Å². The van der Waals surface area contributed by atoms with Gasteiger partial charge in [0.25, 0.3) is 0 Å². The van der Waals surface area contributed by atoms with Gasteiger partial charge in [0.1, 0.15) is 6.10 Å². The number of carbonyl (C=O) groups is 3. The largest absolute Gasteiger partial charge is 0.481 e. The molecule has 0 amide bonds. The standard InChI is InChI=1S/C20H36O6/c1-4-6-13-18(17(21)12-5-2)25-16(3)26-20(24)15-11-9-7-8-10-14-19(22)23/h16,18H,4-15H2,1-3H3,(H,22,23). The number of carboxylic acids is 1. The van der Waals surface area contributed by atoms with E-state index in [1.54, 1.807) is 6.92 Å². The minimum atomic E-state index is -0.766. The first-order valence-electron chi connectivity index (χ1n) is 10.00. The highest BCUT2D eigenvalue weighted by Crippen LogP contribution is 2.14. The summed E-state index contributed by atoms with van der Waals surface area (Å²) < 4.78 is 10.9. The number of unbranched alkanes of at least 4 members (excludes halogenated alkanes) is 5. The monoisotopic (exact) mass is 372 g/mol. The SMILES string of the molecule is CCCCC(OC(C)OC(=O)CCCCCCCC(=O)O)C(=O)CCC. The molecule has 2 unspecified atom stereocenters. The lowest BCUT2D eigenvalue weighted by atomic mass is 10.1. The van der Waals surface area contributed by atoms with Gasteiger partial charge in [-0.15, -0.1) is 0 Å². The Morgan fingerprint density at radius 1 is 0.846 bits per heavy atom. The van der Waals surface area contributed by atoms with Crippen molar-refractivity contribution in [2.45, 2.75) is 110 Å². The van der Waals surface area contributed by atoms with Crippen LogP contribution in [0.4, 0.5) is 0 Å². The predicted octanol–water partition coefficient (Wildman–Crippen LogP) is 4.64. The van der Waals surface area contributed by atoms with Crippen LogP contribution in [0.1, 0.15) is 97.8 Å². The normalized spacial score (nSPS) is 13.2. The summed E-state index contributed by atoms with van der Waals surface area (Å²) >= 11 is 0. The number of rotatable bonds is 17. The zero-order valence-electron chi connectivity index (χ0n) is 16.6. The maximum Gasteiger partial charge on any atom is 0.308 e. The molecule has 6 heteroatoms. The smallest absolute Gasteiger partial charge is 0.308 e. The molecule has 0 aliphatic rings. The van der Waals surface area contributed by atoms with Crippen LogP contribution >= 0.6 is 0 Å². The lowest BCUT2D eigenvalue weighted by Gasteiger charge is -2.21. The first-order chi connectivity index (χ1) is 12.4. The molecule has 0 fully saturated rings. The minimum Gasteiger partial charge on any atom is -0.481 e. The van der Waals surface area contributed by atoms with Gasteiger partial charge in [0.15, 0.2) is 5.78 Å². The van der Waals surface area contributed by atoms with Crippen LogP contribution in [0.2, 0.25) is 0 Å². The fourth-order valence-corrected chi connectivity index (χ4v) is 2.68. The van der Waals surface area contributed by atoms with Gasteiger partial charge < -0.3 is 14.6 Å². The maximum absolute atomic E-state index is 12.1. The molecule has 2 atom stereocenters. The molecule has 0 saturated carbocycles. The fourth-order valence-electron chi connectivity index (χ4n) is 2.68. The van der Waals surface area contributed by atoms with E-state index < -0.39 is 18.4 Å². The van der Waals surface area contributed by atoms with E-state index in [0.29, 0.717) is 32.1 Å². The molecule has 0 radical (unpaired) electrons. The van der Waals surface area contributed by atoms with Crippen LogP contribution in [0.3, 0.4) is 0 Å². The van der Waals surface area contributed by atoms with Gasteiger partial charge in [-0.1, -0.05) is 46.0 Å². The van der Waals surface area contributed by atoms with Gasteiger partial charge in [-0.05, 0) is 32.6 Å². The lowest BCUT2D eigenvalue weighted by Crippen LogP contribution is -2.30. The molecule has 0 spiro atoms. The molecular weight excluding hydrogens is 336 g/mol. The van der Waals surface area contributed by atoms with Gasteiger partial charge in [-0.2, -0.15) is 0 Å². The third-order valence-corrected chi connectivity index (χ3v) is 4.10. The Labute approximate surface area is 157 Å². The van der Waals surface area contributed by atoms with Crippen LogP contribution in [-0.2, 0) is 23.9 Å². The number of ether oxygens (including phenoxy) is 2. The Kier molecular flexibility index (Phi) is 14.9. The quantitative estimate of drug-likeness (QED) is 0.227. The third-order valence-electron chi connectivity index (χ3n) is 4.10. The predicted molar refractivity (Wildman–Crippen MR) is 99.8 cm³/mol. The number of esters is 1. The third kappa shape index (κ3) is 13.8. The van der Waals surface area contributed by atoms with Gasteiger partial charge in [0, 0.05) is 19.3 Å². The van der Waals surface area contributed by atoms with Crippen molar-refractivity contribution in [3.05, 3.63) is 0 Å². The number of aliphatic carboxylic acids is 1. The Hall–Kier alpha value is -1.43. The Morgan fingerprint density at radius 2 is 1.46 bits per heavy atom. The van der Waals surface area contributed by atoms with Crippen molar-refractivity contribution < 1.29 is 29.0 Å². The van der Waals surface area contributed by atoms with E-state index in [-0.39, 0.29) is 18.2 Å². The van der Waals surface area contributed by atoms with Crippen molar-refractivity contribution in [3.8, 4) is 0 Å². The highest BCUT2D eigenvalue weighted by atomic mass is 16.7. The van der Waals surface area contributed by atoms with Crippen LogP contribution in [0.15, 0.2) is 0 Å². The molecule has 0 aromatic heterocycles. The molecule has 152 valence electrons. The second kappa shape index (κ2) is 15.8. The molecule has 0 aromatic carbocycles. The number of carboxylic acid groups (broad SMARTS) is 1. The van der Waals surface area contributed by atoms with Crippen LogP contribution in [0.5, 0.6) is 0 Å². The van der Waals surface area contributed by atoms with E-state index in [0.717, 1.165) is 38.5 Å². The number of Topliss-reactive ketones (excluding diaryl/α,β-unsaturated/α-hetero) is 1. The molecule has 1 N–H and O–H groups in total. The Morgan fingerprint density at radius 3 is 2.04 bits per heavy atom. The molecule has 26 heavy (non-hydrogen) atoms. The van der Waals surface area contributed by atoms with E-state index in [1.807, 2.05) is 6.92 Å². The highest BCUT2D eigenvalue weighted by Gasteiger charge is 2.22. The summed E-state index contributed by atoms with van der Waals surface area (Å²) in [5.41, 5.74) is 0. The summed E-state index contributed by atoms with van der Waals surface area (Å²) in [6.45, 7) is 5.67. The maximum atomic E-state index is 12.1. The molecule has 0 saturated heterocycles. The number of carbonyl (C=O) groups excluding carboxylic acids is 2. The van der Waals surface area contributed by atoms with Gasteiger partial charge in [-0.25, -0.2) is 0 Å². The average molecular weight is 373 g/mol. The molecule has 0 bridgehead atoms. The van der Waals surface area contributed by atoms with E-state index >= 15 is 0 Å². The fraction of sp³-hybridized carbons (Fsp3) is 0.850. The molecule has 6 nitrogen and oxygen atoms in total. The summed E-state index contributed by atoms with van der Waals surface area (Å²) in [7, 11) is 0. The molecule has 0 heterocycles. The van der Waals surface area contributed by atoms with Crippen LogP contribution in [0, 0.1) is 0 Å². The second-order valence-electron chi connectivity index (χ2n) is 6.70. The second-order valence-corrected chi connectivity index (χ2v) is 6.70. The molecular formula is C20H36O6.